The SMILES string of the molecule is CCCCCc1cc(CCCCC)c(CCCCC)c([O-])c1[O-].[Ni+2]. The van der Waals surface area contributed by atoms with Crippen LogP contribution in [0.3, 0.4) is 0 Å². The molecule has 0 heterocycles. The van der Waals surface area contributed by atoms with Gasteiger partial charge in [-0.05, 0) is 44.1 Å². The van der Waals surface area contributed by atoms with Crippen molar-refractivity contribution in [3.8, 4) is 11.5 Å². The van der Waals surface area contributed by atoms with E-state index in [0.717, 1.165) is 80.9 Å². The molecule has 0 atom stereocenters. The van der Waals surface area contributed by atoms with Crippen LogP contribution in [0, 0.1) is 0 Å². The zero-order valence-electron chi connectivity index (χ0n) is 15.7. The molecule has 0 fully saturated rings. The van der Waals surface area contributed by atoms with Gasteiger partial charge in [-0.3, -0.25) is 0 Å². The largest absolute Gasteiger partial charge is 2.00 e. The minimum atomic E-state index is -0.230. The van der Waals surface area contributed by atoms with Crippen LogP contribution in [0.1, 0.15) is 95.2 Å². The van der Waals surface area contributed by atoms with E-state index in [1.807, 2.05) is 0 Å². The number of rotatable bonds is 12. The van der Waals surface area contributed by atoms with Crippen molar-refractivity contribution in [2.45, 2.75) is 97.8 Å². The summed E-state index contributed by atoms with van der Waals surface area (Å²) < 4.78 is 0. The second-order valence-electron chi connectivity index (χ2n) is 6.70. The van der Waals surface area contributed by atoms with Crippen LogP contribution >= 0.6 is 0 Å². The fourth-order valence-electron chi connectivity index (χ4n) is 3.16. The Bertz CT molecular complexity index is 458. The average molecular weight is 377 g/mol. The number of hydrogen-bond acceptors (Lipinski definition) is 2. The molecule has 140 valence electrons. The molecule has 1 aromatic carbocycles. The van der Waals surface area contributed by atoms with Gasteiger partial charge >= 0.3 is 16.5 Å². The standard InChI is InChI=1S/C21H36O2.Ni/c1-4-7-10-13-17-16-18(14-11-8-5-2)20(22)21(23)19(17)15-12-9-6-3;/h16,22-23H,4-15H2,1-3H3;/q;+2/p-2. The number of aryl methyl sites for hydroxylation is 2. The molecule has 1 rings (SSSR count). The van der Waals surface area contributed by atoms with Crippen molar-refractivity contribution in [3.63, 3.8) is 0 Å². The molecule has 0 spiro atoms. The van der Waals surface area contributed by atoms with Crippen molar-refractivity contribution in [3.05, 3.63) is 22.8 Å². The second-order valence-corrected chi connectivity index (χ2v) is 6.70. The monoisotopic (exact) mass is 376 g/mol. The molecule has 0 unspecified atom stereocenters. The molecule has 0 radical (unpaired) electrons. The summed E-state index contributed by atoms with van der Waals surface area (Å²) in [6.45, 7) is 6.51. The van der Waals surface area contributed by atoms with Crippen molar-refractivity contribution >= 4 is 0 Å². The van der Waals surface area contributed by atoms with E-state index >= 15 is 0 Å². The molecule has 0 amide bonds. The van der Waals surface area contributed by atoms with Crippen LogP contribution < -0.4 is 10.2 Å². The van der Waals surface area contributed by atoms with Crippen LogP contribution in [0.25, 0.3) is 0 Å². The zero-order valence-corrected chi connectivity index (χ0v) is 16.7. The number of benzene rings is 1. The second kappa shape index (κ2) is 13.6. The molecule has 1 aromatic rings. The molecular weight excluding hydrogens is 343 g/mol. The third-order valence-corrected chi connectivity index (χ3v) is 4.64. The average Bonchev–Trinajstić information content (AvgIpc) is 2.55. The summed E-state index contributed by atoms with van der Waals surface area (Å²) >= 11 is 0. The van der Waals surface area contributed by atoms with Crippen molar-refractivity contribution < 1.29 is 26.7 Å². The van der Waals surface area contributed by atoms with Gasteiger partial charge in [0.05, 0.1) is 0 Å². The Hall–Kier alpha value is -0.686. The molecule has 0 aliphatic carbocycles. The molecule has 0 bridgehead atoms. The van der Waals surface area contributed by atoms with Crippen molar-refractivity contribution in [1.29, 1.82) is 0 Å². The summed E-state index contributed by atoms with van der Waals surface area (Å²) in [6.07, 6.45) is 12.5. The Kier molecular flexibility index (Phi) is 13.2. The van der Waals surface area contributed by atoms with Crippen LogP contribution in [0.5, 0.6) is 11.5 Å². The first kappa shape index (κ1) is 23.3. The zero-order chi connectivity index (χ0) is 17.1. The van der Waals surface area contributed by atoms with Crippen molar-refractivity contribution in [2.24, 2.45) is 0 Å². The molecule has 0 aliphatic rings. The summed E-state index contributed by atoms with van der Waals surface area (Å²) in [5, 5.41) is 24.9. The minimum Gasteiger partial charge on any atom is -0.873 e. The van der Waals surface area contributed by atoms with Crippen LogP contribution in [0.15, 0.2) is 6.07 Å². The van der Waals surface area contributed by atoms with Gasteiger partial charge in [0.25, 0.3) is 0 Å². The Morgan fingerprint density at radius 1 is 0.625 bits per heavy atom. The van der Waals surface area contributed by atoms with Gasteiger partial charge in [0.1, 0.15) is 0 Å². The van der Waals surface area contributed by atoms with Gasteiger partial charge in [-0.2, -0.15) is 0 Å². The maximum atomic E-state index is 12.6. The van der Waals surface area contributed by atoms with E-state index in [2.05, 4.69) is 26.8 Å². The van der Waals surface area contributed by atoms with E-state index in [4.69, 9.17) is 0 Å². The molecule has 0 N–H and O–H groups in total. The van der Waals surface area contributed by atoms with Gasteiger partial charge in [-0.25, -0.2) is 0 Å². The molecular formula is C21H34NiO2. The molecule has 0 saturated carbocycles. The van der Waals surface area contributed by atoms with Crippen molar-refractivity contribution in [1.82, 2.24) is 0 Å². The Morgan fingerprint density at radius 2 is 1.08 bits per heavy atom. The first-order chi connectivity index (χ1) is 11.2. The van der Waals surface area contributed by atoms with Gasteiger partial charge < -0.3 is 10.2 Å². The maximum absolute atomic E-state index is 12.6. The molecule has 0 aromatic heterocycles. The van der Waals surface area contributed by atoms with E-state index in [0.29, 0.717) is 0 Å². The van der Waals surface area contributed by atoms with Gasteiger partial charge in [0, 0.05) is 0 Å². The minimum absolute atomic E-state index is 0. The number of hydrogen-bond donors (Lipinski definition) is 0. The molecule has 2 nitrogen and oxygen atoms in total. The Labute approximate surface area is 159 Å². The first-order valence-corrected chi connectivity index (χ1v) is 9.67. The predicted octanol–water partition coefficient (Wildman–Crippen LogP) is 5.03. The quantitative estimate of drug-likeness (QED) is 0.379. The fourth-order valence-corrected chi connectivity index (χ4v) is 3.16. The Balaban J connectivity index is 0.00000529. The van der Waals surface area contributed by atoms with Crippen LogP contribution in [-0.2, 0) is 35.8 Å². The van der Waals surface area contributed by atoms with Crippen LogP contribution in [0.4, 0.5) is 0 Å². The third kappa shape index (κ3) is 7.47. The van der Waals surface area contributed by atoms with E-state index in [1.54, 1.807) is 0 Å². The normalized spacial score (nSPS) is 10.6. The molecule has 24 heavy (non-hydrogen) atoms. The van der Waals surface area contributed by atoms with Gasteiger partial charge in [0.2, 0.25) is 0 Å². The third-order valence-electron chi connectivity index (χ3n) is 4.64. The predicted molar refractivity (Wildman–Crippen MR) is 95.0 cm³/mol. The van der Waals surface area contributed by atoms with E-state index in [-0.39, 0.29) is 28.0 Å². The summed E-state index contributed by atoms with van der Waals surface area (Å²) in [5.41, 5.74) is 2.73. The first-order valence-electron chi connectivity index (χ1n) is 9.67. The number of unbranched alkanes of at least 4 members (excludes halogenated alkanes) is 6. The Morgan fingerprint density at radius 3 is 1.58 bits per heavy atom. The molecule has 0 aliphatic heterocycles. The van der Waals surface area contributed by atoms with E-state index < -0.39 is 0 Å². The summed E-state index contributed by atoms with van der Waals surface area (Å²) in [4.78, 5) is 0. The maximum Gasteiger partial charge on any atom is 2.00 e. The topological polar surface area (TPSA) is 46.1 Å². The van der Waals surface area contributed by atoms with E-state index in [9.17, 15) is 10.2 Å². The summed E-state index contributed by atoms with van der Waals surface area (Å²) in [6, 6.07) is 2.07. The molecule has 3 heteroatoms. The smallest absolute Gasteiger partial charge is 0.873 e. The fraction of sp³-hybridized carbons (Fsp3) is 0.714. The van der Waals surface area contributed by atoms with Gasteiger partial charge in [-0.1, -0.05) is 76.5 Å². The van der Waals surface area contributed by atoms with Crippen LogP contribution in [-0.4, -0.2) is 0 Å². The van der Waals surface area contributed by atoms with Crippen molar-refractivity contribution in [2.75, 3.05) is 0 Å². The van der Waals surface area contributed by atoms with Gasteiger partial charge in [0.15, 0.2) is 0 Å². The summed E-state index contributed by atoms with van der Waals surface area (Å²) in [5.74, 6) is -0.437. The van der Waals surface area contributed by atoms with Crippen LogP contribution in [0.2, 0.25) is 0 Å². The molecule has 0 saturated heterocycles. The van der Waals surface area contributed by atoms with Gasteiger partial charge in [-0.15, -0.1) is 11.5 Å². The van der Waals surface area contributed by atoms with E-state index in [1.165, 1.54) is 12.8 Å². The summed E-state index contributed by atoms with van der Waals surface area (Å²) in [7, 11) is 0.